The third-order valence-corrected chi connectivity index (χ3v) is 17.1. The average molecular weight is 1160 g/mol. The van der Waals surface area contributed by atoms with E-state index in [-0.39, 0.29) is 62.4 Å². The van der Waals surface area contributed by atoms with Gasteiger partial charge in [0.1, 0.15) is 61.2 Å². The summed E-state index contributed by atoms with van der Waals surface area (Å²) in [5, 5.41) is 63.3. The van der Waals surface area contributed by atoms with Gasteiger partial charge in [-0.3, -0.25) is 19.2 Å². The maximum Gasteiger partial charge on any atom is 0.510 e. The Balaban J connectivity index is 1.35. The number of hydrogen-bond acceptors (Lipinski definition) is 21. The number of ketones is 3. The molecule has 464 valence electrons. The van der Waals surface area contributed by atoms with Crippen LogP contribution in [0.2, 0.25) is 0 Å². The Morgan fingerprint density at radius 1 is 0.817 bits per heavy atom. The van der Waals surface area contributed by atoms with Crippen molar-refractivity contribution in [3.8, 4) is 0 Å². The first kappa shape index (κ1) is 68.5. The van der Waals surface area contributed by atoms with Gasteiger partial charge in [0, 0.05) is 58.5 Å². The van der Waals surface area contributed by atoms with Gasteiger partial charge in [-0.05, 0) is 107 Å². The summed E-state index contributed by atoms with van der Waals surface area (Å²) in [6.07, 6.45) is 0.676. The van der Waals surface area contributed by atoms with Gasteiger partial charge in [0.05, 0.1) is 37.6 Å². The molecule has 0 aromatic carbocycles. The second kappa shape index (κ2) is 32.3. The number of methoxy groups -OCH3 is 3. The molecule has 4 aliphatic heterocycles. The lowest BCUT2D eigenvalue weighted by Gasteiger charge is -2.42. The zero-order valence-corrected chi connectivity index (χ0v) is 49.5. The number of allylic oxidation sites excluding steroid dienone is 6. The van der Waals surface area contributed by atoms with Crippen molar-refractivity contribution in [3.05, 3.63) is 47.6 Å². The minimum atomic E-state index is -2.49. The zero-order chi connectivity index (χ0) is 60.6. The first-order valence-electron chi connectivity index (χ1n) is 29.1. The lowest BCUT2D eigenvalue weighted by atomic mass is 9.78. The molecule has 2 unspecified atom stereocenters. The molecule has 20 atom stereocenters. The van der Waals surface area contributed by atoms with E-state index >= 15 is 0 Å². The minimum Gasteiger partial charge on any atom is -0.460 e. The SMILES string of the molecule is CO[C@H]1C[C@@H]2CC[C@@H](C)[C@@](O)(O2)C(=O)C(=O)N2CCCCC2C(=O)O[C@H]([C@H](C)C[C@H]2CC[C@@H](OCCOC(=O)OC3O[C@H](CO)[C@@H](O)[C@@H](O)[C@H]3O)[C@H](OC)C2)CC(=O)[C@H](C)/C=C(\C)[C@@H](O)[C@@H](OC)C(=O)[C@@H](C)C[C@H](C)\C=C/C=C/C=C/1C. The fraction of sp³-hybridized carbons (Fsp3) is 0.767. The van der Waals surface area contributed by atoms with Crippen molar-refractivity contribution < 1.29 is 102 Å². The normalized spacial score (nSPS) is 40.0. The van der Waals surface area contributed by atoms with Crippen LogP contribution in [0, 0.1) is 35.5 Å². The number of piperidine rings is 1. The van der Waals surface area contributed by atoms with Crippen molar-refractivity contribution in [2.24, 2.45) is 35.5 Å². The van der Waals surface area contributed by atoms with Crippen LogP contribution in [0.1, 0.15) is 126 Å². The lowest BCUT2D eigenvalue weighted by molar-refractivity contribution is -0.288. The average Bonchev–Trinajstić information content (AvgIpc) is 3.58. The van der Waals surface area contributed by atoms with Gasteiger partial charge in [-0.1, -0.05) is 71.1 Å². The largest absolute Gasteiger partial charge is 0.510 e. The number of carbonyl (C=O) groups is 6. The van der Waals surface area contributed by atoms with E-state index in [1.165, 1.54) is 14.2 Å². The highest BCUT2D eigenvalue weighted by atomic mass is 16.8. The van der Waals surface area contributed by atoms with Crippen LogP contribution >= 0.6 is 0 Å². The quantitative estimate of drug-likeness (QED) is 0.0692. The van der Waals surface area contributed by atoms with E-state index in [9.17, 15) is 59.4 Å². The molecule has 4 heterocycles. The number of hydrogen-bond donors (Lipinski definition) is 6. The standard InChI is InChI=1S/C60H93NO21/c1-33-16-12-11-13-17-34(2)45(74-8)30-41-21-19-39(7)60(73,82-41)55(69)56(70)61-23-15-14-18-42(61)57(71)79-46(31-43(63)35(3)27-38(6)50(65)54(76-10)49(64)37(5)26-33)36(4)28-40-20-22-44(47(29-40)75-9)77-24-25-78-59(72)81-58-53(68)52(67)51(66)48(32-62)80-58/h11-13,16-17,27,33,35-37,39-42,44-48,50-54,58,62,65-68,73H,14-15,18-26,28-32H2,1-10H3/b13-11+,16-12-,34-17+,38-27+/t33-,35-,36-,37+,39-,40-,41+,42?,44-,45+,46+,47-,48-,50-,51-,52-,53-,54+,58?,60-/m1/s1. The molecule has 5 rings (SSSR count). The van der Waals surface area contributed by atoms with Crippen molar-refractivity contribution in [1.29, 1.82) is 0 Å². The summed E-state index contributed by atoms with van der Waals surface area (Å²) in [6.45, 7) is 11.4. The fourth-order valence-corrected chi connectivity index (χ4v) is 11.9. The van der Waals surface area contributed by atoms with Crippen molar-refractivity contribution in [2.75, 3.05) is 47.7 Å². The summed E-state index contributed by atoms with van der Waals surface area (Å²) in [7, 11) is 4.45. The summed E-state index contributed by atoms with van der Waals surface area (Å²) >= 11 is 0. The third-order valence-electron chi connectivity index (χ3n) is 17.1. The van der Waals surface area contributed by atoms with E-state index in [0.717, 1.165) is 10.5 Å². The second-order valence-electron chi connectivity index (χ2n) is 23.3. The van der Waals surface area contributed by atoms with E-state index in [1.54, 1.807) is 40.9 Å². The van der Waals surface area contributed by atoms with Gasteiger partial charge in [-0.25, -0.2) is 9.59 Å². The first-order chi connectivity index (χ1) is 38.9. The Bertz CT molecular complexity index is 2250. The summed E-state index contributed by atoms with van der Waals surface area (Å²) < 4.78 is 51.2. The molecule has 2 bridgehead atoms. The van der Waals surface area contributed by atoms with E-state index in [2.05, 4.69) is 0 Å². The van der Waals surface area contributed by atoms with Crippen LogP contribution in [-0.4, -0.2) is 204 Å². The van der Waals surface area contributed by atoms with Crippen LogP contribution in [0.3, 0.4) is 0 Å². The van der Waals surface area contributed by atoms with Crippen LogP contribution < -0.4 is 0 Å². The molecule has 1 amide bonds. The Labute approximate surface area is 482 Å². The van der Waals surface area contributed by atoms with E-state index in [1.807, 2.05) is 51.2 Å². The predicted octanol–water partition coefficient (Wildman–Crippen LogP) is 4.16. The van der Waals surface area contributed by atoms with Gasteiger partial charge in [-0.2, -0.15) is 0 Å². The Morgan fingerprint density at radius 2 is 1.55 bits per heavy atom. The fourth-order valence-electron chi connectivity index (χ4n) is 11.9. The van der Waals surface area contributed by atoms with Gasteiger partial charge in [0.2, 0.25) is 12.1 Å². The summed E-state index contributed by atoms with van der Waals surface area (Å²) in [6, 6.07) is -1.22. The van der Waals surface area contributed by atoms with Crippen LogP contribution in [-0.2, 0) is 66.6 Å². The van der Waals surface area contributed by atoms with E-state index < -0.39 is 139 Å². The highest BCUT2D eigenvalue weighted by molar-refractivity contribution is 6.39. The number of ether oxygens (including phenoxy) is 9. The molecule has 82 heavy (non-hydrogen) atoms. The van der Waals surface area contributed by atoms with Crippen LogP contribution in [0.4, 0.5) is 4.79 Å². The minimum absolute atomic E-state index is 0.0176. The summed E-state index contributed by atoms with van der Waals surface area (Å²) in [5.74, 6) is -8.73. The van der Waals surface area contributed by atoms with E-state index in [4.69, 9.17) is 42.6 Å². The number of aliphatic hydroxyl groups excluding tert-OH is 5. The molecule has 22 heteroatoms. The number of aliphatic hydroxyl groups is 6. The smallest absolute Gasteiger partial charge is 0.460 e. The van der Waals surface area contributed by atoms with Gasteiger partial charge < -0.3 is 78.2 Å². The maximum atomic E-state index is 14.6. The van der Waals surface area contributed by atoms with Gasteiger partial charge in [0.25, 0.3) is 11.7 Å². The van der Waals surface area contributed by atoms with E-state index in [0.29, 0.717) is 63.4 Å². The van der Waals surface area contributed by atoms with Crippen LogP contribution in [0.15, 0.2) is 47.6 Å². The Kier molecular flexibility index (Phi) is 27.0. The molecule has 5 aliphatic rings. The molecular weight excluding hydrogens is 1070 g/mol. The molecule has 0 radical (unpaired) electrons. The molecule has 4 fully saturated rings. The number of carbonyl (C=O) groups excluding carboxylic acids is 6. The molecule has 0 spiro atoms. The zero-order valence-electron chi connectivity index (χ0n) is 49.5. The number of Topliss-reactive ketones (excluding diaryl/α,β-unsaturated/α-hetero) is 3. The monoisotopic (exact) mass is 1160 g/mol. The molecule has 0 aromatic heterocycles. The van der Waals surface area contributed by atoms with Crippen molar-refractivity contribution >= 4 is 35.4 Å². The van der Waals surface area contributed by atoms with Gasteiger partial charge in [-0.15, -0.1) is 0 Å². The molecule has 22 nitrogen and oxygen atoms in total. The highest BCUT2D eigenvalue weighted by Gasteiger charge is 2.53. The van der Waals surface area contributed by atoms with Gasteiger partial charge >= 0.3 is 12.1 Å². The molecule has 1 saturated carbocycles. The Morgan fingerprint density at radius 3 is 2.23 bits per heavy atom. The summed E-state index contributed by atoms with van der Waals surface area (Å²) in [5.41, 5.74) is 1.19. The number of esters is 1. The Hall–Kier alpha value is -4.30. The highest BCUT2D eigenvalue weighted by Crippen LogP contribution is 2.38. The topological polar surface area (TPSA) is 310 Å². The lowest BCUT2D eigenvalue weighted by Crippen LogP contribution is -2.61. The number of cyclic esters (lactones) is 1. The molecule has 1 aliphatic carbocycles. The predicted molar refractivity (Wildman–Crippen MR) is 295 cm³/mol. The van der Waals surface area contributed by atoms with Crippen molar-refractivity contribution in [3.63, 3.8) is 0 Å². The van der Waals surface area contributed by atoms with Crippen LogP contribution in [0.5, 0.6) is 0 Å². The molecular formula is C60H93NO21. The molecule has 6 N–H and O–H groups in total. The molecule has 0 aromatic rings. The third kappa shape index (κ3) is 18.1. The number of rotatable bonds is 12. The second-order valence-corrected chi connectivity index (χ2v) is 23.3. The summed E-state index contributed by atoms with van der Waals surface area (Å²) in [4.78, 5) is 85.2. The van der Waals surface area contributed by atoms with Gasteiger partial charge in [0.15, 0.2) is 5.78 Å². The number of nitrogens with zero attached hydrogens (tertiary/aromatic N) is 1. The van der Waals surface area contributed by atoms with Crippen molar-refractivity contribution in [2.45, 2.75) is 211 Å². The maximum absolute atomic E-state index is 14.6. The van der Waals surface area contributed by atoms with Crippen LogP contribution in [0.25, 0.3) is 0 Å². The first-order valence-corrected chi connectivity index (χ1v) is 29.1. The number of amides is 1. The van der Waals surface area contributed by atoms with Crippen molar-refractivity contribution in [1.82, 2.24) is 4.90 Å². The number of fused-ring (bicyclic) bond motifs is 3. The molecule has 3 saturated heterocycles.